The van der Waals surface area contributed by atoms with E-state index in [1.54, 1.807) is 0 Å². The van der Waals surface area contributed by atoms with E-state index in [2.05, 4.69) is 18.7 Å². The Balaban J connectivity index is 1.65. The molecule has 0 aromatic heterocycles. The standard InChI is InChI=1S/C12H23NO3/c1-11(2)14-8-7-13-5-3-12(4-6-13)15-9-10-16-12/h11H,3-10H2,1-2H3. The molecule has 0 aromatic carbocycles. The predicted octanol–water partition coefficient (Wildman–Crippen LogP) is 1.25. The van der Waals surface area contributed by atoms with Crippen molar-refractivity contribution in [2.45, 2.75) is 38.6 Å². The summed E-state index contributed by atoms with van der Waals surface area (Å²) in [5.41, 5.74) is 0. The molecule has 0 saturated carbocycles. The zero-order valence-electron chi connectivity index (χ0n) is 10.4. The molecule has 2 saturated heterocycles. The van der Waals surface area contributed by atoms with Gasteiger partial charge in [-0.05, 0) is 13.8 Å². The lowest BCUT2D eigenvalue weighted by molar-refractivity contribution is -0.185. The van der Waals surface area contributed by atoms with Crippen LogP contribution in [-0.4, -0.2) is 56.2 Å². The number of hydrogen-bond acceptors (Lipinski definition) is 4. The second-order valence-electron chi connectivity index (χ2n) is 4.87. The van der Waals surface area contributed by atoms with E-state index in [1.807, 2.05) is 0 Å². The van der Waals surface area contributed by atoms with Gasteiger partial charge in [0, 0.05) is 32.5 Å². The minimum Gasteiger partial charge on any atom is -0.377 e. The first-order valence-electron chi connectivity index (χ1n) is 6.32. The largest absolute Gasteiger partial charge is 0.377 e. The predicted molar refractivity (Wildman–Crippen MR) is 61.4 cm³/mol. The van der Waals surface area contributed by atoms with E-state index in [4.69, 9.17) is 14.2 Å². The van der Waals surface area contributed by atoms with Crippen LogP contribution in [0.3, 0.4) is 0 Å². The van der Waals surface area contributed by atoms with Gasteiger partial charge in [0.1, 0.15) is 0 Å². The molecule has 0 amide bonds. The van der Waals surface area contributed by atoms with Gasteiger partial charge in [0.05, 0.1) is 25.9 Å². The fraction of sp³-hybridized carbons (Fsp3) is 1.00. The molecule has 0 bridgehead atoms. The van der Waals surface area contributed by atoms with Crippen molar-refractivity contribution in [2.24, 2.45) is 0 Å². The zero-order valence-corrected chi connectivity index (χ0v) is 10.4. The van der Waals surface area contributed by atoms with Crippen molar-refractivity contribution in [1.29, 1.82) is 0 Å². The van der Waals surface area contributed by atoms with Gasteiger partial charge in [-0.2, -0.15) is 0 Å². The Morgan fingerprint density at radius 3 is 2.38 bits per heavy atom. The fourth-order valence-corrected chi connectivity index (χ4v) is 2.32. The Labute approximate surface area is 97.8 Å². The van der Waals surface area contributed by atoms with Crippen LogP contribution in [0.1, 0.15) is 26.7 Å². The average molecular weight is 229 g/mol. The monoisotopic (exact) mass is 229 g/mol. The summed E-state index contributed by atoms with van der Waals surface area (Å²) in [5.74, 6) is -0.241. The van der Waals surface area contributed by atoms with Gasteiger partial charge in [-0.1, -0.05) is 0 Å². The van der Waals surface area contributed by atoms with Crippen molar-refractivity contribution in [3.63, 3.8) is 0 Å². The van der Waals surface area contributed by atoms with E-state index in [9.17, 15) is 0 Å². The van der Waals surface area contributed by atoms with Crippen molar-refractivity contribution in [2.75, 3.05) is 39.5 Å². The van der Waals surface area contributed by atoms with Crippen molar-refractivity contribution in [3.8, 4) is 0 Å². The Hall–Kier alpha value is -0.160. The maximum Gasteiger partial charge on any atom is 0.170 e. The summed E-state index contributed by atoms with van der Waals surface area (Å²) in [4.78, 5) is 2.43. The van der Waals surface area contributed by atoms with Crippen molar-refractivity contribution in [1.82, 2.24) is 4.90 Å². The lowest BCUT2D eigenvalue weighted by Gasteiger charge is -2.37. The third-order valence-corrected chi connectivity index (χ3v) is 3.29. The molecule has 1 spiro atoms. The highest BCUT2D eigenvalue weighted by Crippen LogP contribution is 2.30. The van der Waals surface area contributed by atoms with E-state index in [-0.39, 0.29) is 5.79 Å². The maximum absolute atomic E-state index is 5.69. The summed E-state index contributed by atoms with van der Waals surface area (Å²) in [6.07, 6.45) is 2.32. The molecule has 2 rings (SSSR count). The summed E-state index contributed by atoms with van der Waals surface area (Å²) in [7, 11) is 0. The first kappa shape index (κ1) is 12.3. The SMILES string of the molecule is CC(C)OCCN1CCC2(CC1)OCCO2. The van der Waals surface area contributed by atoms with Crippen LogP contribution in [-0.2, 0) is 14.2 Å². The van der Waals surface area contributed by atoms with Crippen LogP contribution in [0.4, 0.5) is 0 Å². The molecule has 4 nitrogen and oxygen atoms in total. The Bertz CT molecular complexity index is 204. The first-order valence-corrected chi connectivity index (χ1v) is 6.32. The molecule has 94 valence electrons. The summed E-state index contributed by atoms with van der Waals surface area (Å²) in [6, 6.07) is 0. The van der Waals surface area contributed by atoms with Gasteiger partial charge >= 0.3 is 0 Å². The van der Waals surface area contributed by atoms with Gasteiger partial charge in [-0.3, -0.25) is 0 Å². The van der Waals surface area contributed by atoms with Gasteiger partial charge < -0.3 is 19.1 Å². The molecule has 0 radical (unpaired) electrons. The smallest absolute Gasteiger partial charge is 0.170 e. The molecular weight excluding hydrogens is 206 g/mol. The number of rotatable bonds is 4. The second-order valence-corrected chi connectivity index (χ2v) is 4.87. The third kappa shape index (κ3) is 3.17. The highest BCUT2D eigenvalue weighted by Gasteiger charge is 2.39. The molecule has 0 aromatic rings. The van der Waals surface area contributed by atoms with Crippen LogP contribution < -0.4 is 0 Å². The second kappa shape index (κ2) is 5.45. The Kier molecular flexibility index (Phi) is 4.19. The molecule has 0 N–H and O–H groups in total. The lowest BCUT2D eigenvalue weighted by atomic mass is 10.0. The van der Waals surface area contributed by atoms with Crippen LogP contribution in [0.5, 0.6) is 0 Å². The highest BCUT2D eigenvalue weighted by molar-refractivity contribution is 4.82. The molecule has 0 unspecified atom stereocenters. The van der Waals surface area contributed by atoms with Crippen LogP contribution in [0.15, 0.2) is 0 Å². The minimum absolute atomic E-state index is 0.241. The normalized spacial score (nSPS) is 25.7. The zero-order chi connectivity index (χ0) is 11.4. The molecule has 2 aliphatic heterocycles. The van der Waals surface area contributed by atoms with Crippen LogP contribution in [0.25, 0.3) is 0 Å². The topological polar surface area (TPSA) is 30.9 Å². The molecule has 4 heteroatoms. The van der Waals surface area contributed by atoms with Crippen molar-refractivity contribution < 1.29 is 14.2 Å². The average Bonchev–Trinajstić information content (AvgIpc) is 2.70. The van der Waals surface area contributed by atoms with Crippen LogP contribution >= 0.6 is 0 Å². The van der Waals surface area contributed by atoms with Gasteiger partial charge in [0.15, 0.2) is 5.79 Å². The van der Waals surface area contributed by atoms with Gasteiger partial charge in [0.25, 0.3) is 0 Å². The Morgan fingerprint density at radius 1 is 1.19 bits per heavy atom. The molecule has 16 heavy (non-hydrogen) atoms. The lowest BCUT2D eigenvalue weighted by Crippen LogP contribution is -2.46. The van der Waals surface area contributed by atoms with E-state index in [1.165, 1.54) is 0 Å². The van der Waals surface area contributed by atoms with E-state index >= 15 is 0 Å². The quantitative estimate of drug-likeness (QED) is 0.726. The van der Waals surface area contributed by atoms with Crippen LogP contribution in [0, 0.1) is 0 Å². The van der Waals surface area contributed by atoms with E-state index in [0.29, 0.717) is 6.10 Å². The number of hydrogen-bond donors (Lipinski definition) is 0. The summed E-state index contributed by atoms with van der Waals surface area (Å²) < 4.78 is 16.9. The van der Waals surface area contributed by atoms with Gasteiger partial charge in [0.2, 0.25) is 0 Å². The van der Waals surface area contributed by atoms with Crippen LogP contribution in [0.2, 0.25) is 0 Å². The maximum atomic E-state index is 5.69. The number of nitrogens with zero attached hydrogens (tertiary/aromatic N) is 1. The van der Waals surface area contributed by atoms with Gasteiger partial charge in [-0.25, -0.2) is 0 Å². The van der Waals surface area contributed by atoms with E-state index in [0.717, 1.165) is 52.3 Å². The summed E-state index contributed by atoms with van der Waals surface area (Å²) in [6.45, 7) is 9.63. The first-order chi connectivity index (χ1) is 7.70. The summed E-state index contributed by atoms with van der Waals surface area (Å²) >= 11 is 0. The van der Waals surface area contributed by atoms with Gasteiger partial charge in [-0.15, -0.1) is 0 Å². The van der Waals surface area contributed by atoms with Crippen molar-refractivity contribution in [3.05, 3.63) is 0 Å². The molecule has 0 atom stereocenters. The highest BCUT2D eigenvalue weighted by atomic mass is 16.7. The number of ether oxygens (including phenoxy) is 3. The molecule has 0 aliphatic carbocycles. The fourth-order valence-electron chi connectivity index (χ4n) is 2.32. The third-order valence-electron chi connectivity index (χ3n) is 3.29. The minimum atomic E-state index is -0.241. The number of piperidine rings is 1. The van der Waals surface area contributed by atoms with E-state index < -0.39 is 0 Å². The molecule has 2 fully saturated rings. The molecular formula is C12H23NO3. The number of likely N-dealkylation sites (tertiary alicyclic amines) is 1. The molecule has 2 aliphatic rings. The Morgan fingerprint density at radius 2 is 1.81 bits per heavy atom. The van der Waals surface area contributed by atoms with Crippen molar-refractivity contribution >= 4 is 0 Å². The summed E-state index contributed by atoms with van der Waals surface area (Å²) in [5, 5.41) is 0. The molecule has 2 heterocycles.